The maximum Gasteiger partial charge on any atom is 0.238 e. The minimum absolute atomic E-state index is 0.0143. The number of amides is 1. The molecule has 0 aromatic heterocycles. The monoisotopic (exact) mass is 267 g/mol. The molecule has 0 heterocycles. The first-order valence-electron chi connectivity index (χ1n) is 6.40. The highest BCUT2D eigenvalue weighted by atomic mass is 35.5. The summed E-state index contributed by atoms with van der Waals surface area (Å²) >= 11 is 5.63. The molecule has 0 spiro atoms. The highest BCUT2D eigenvalue weighted by molar-refractivity contribution is 6.27. The van der Waals surface area contributed by atoms with Gasteiger partial charge in [0.15, 0.2) is 0 Å². The van der Waals surface area contributed by atoms with Crippen LogP contribution in [0.25, 0.3) is 0 Å². The van der Waals surface area contributed by atoms with Gasteiger partial charge in [0.1, 0.15) is 5.88 Å². The van der Waals surface area contributed by atoms with Crippen LogP contribution in [0.1, 0.15) is 44.7 Å². The molecule has 0 aliphatic rings. The van der Waals surface area contributed by atoms with Crippen molar-refractivity contribution < 1.29 is 4.79 Å². The van der Waals surface area contributed by atoms with Gasteiger partial charge in [-0.25, -0.2) is 0 Å². The van der Waals surface area contributed by atoms with E-state index in [0.29, 0.717) is 12.5 Å². The lowest BCUT2D eigenvalue weighted by molar-refractivity contribution is -0.130. The molecule has 1 aromatic carbocycles. The Morgan fingerprint density at radius 2 is 1.72 bits per heavy atom. The molecule has 0 unspecified atom stereocenters. The van der Waals surface area contributed by atoms with Gasteiger partial charge in [-0.15, -0.1) is 11.6 Å². The average Bonchev–Trinajstić information content (AvgIpc) is 2.35. The lowest BCUT2D eigenvalue weighted by Crippen LogP contribution is -2.37. The molecule has 0 N–H and O–H groups in total. The van der Waals surface area contributed by atoms with Crippen molar-refractivity contribution in [1.82, 2.24) is 4.90 Å². The third-order valence-electron chi connectivity index (χ3n) is 3.06. The molecule has 100 valence electrons. The number of halogens is 1. The van der Waals surface area contributed by atoms with Gasteiger partial charge in [-0.2, -0.15) is 0 Å². The second-order valence-corrected chi connectivity index (χ2v) is 5.41. The molecule has 0 saturated carbocycles. The molecule has 0 radical (unpaired) electrons. The van der Waals surface area contributed by atoms with E-state index in [4.69, 9.17) is 11.6 Å². The highest BCUT2D eigenvalue weighted by Gasteiger charge is 2.16. The predicted molar refractivity (Wildman–Crippen MR) is 76.9 cm³/mol. The Hall–Kier alpha value is -1.02. The zero-order valence-corrected chi connectivity index (χ0v) is 12.4. The van der Waals surface area contributed by atoms with Crippen LogP contribution < -0.4 is 0 Å². The van der Waals surface area contributed by atoms with Gasteiger partial charge in [0.25, 0.3) is 0 Å². The molecule has 0 atom stereocenters. The summed E-state index contributed by atoms with van der Waals surface area (Å²) in [6.45, 7) is 8.99. The molecule has 0 aliphatic carbocycles. The number of carbonyl (C=O) groups excluding carboxylic acids is 1. The van der Waals surface area contributed by atoms with Crippen molar-refractivity contribution in [3.05, 3.63) is 35.4 Å². The molecule has 3 heteroatoms. The fourth-order valence-electron chi connectivity index (χ4n) is 1.84. The summed E-state index contributed by atoms with van der Waals surface area (Å²) in [5.41, 5.74) is 2.46. The molecule has 0 fully saturated rings. The van der Waals surface area contributed by atoms with Crippen LogP contribution in [-0.2, 0) is 11.3 Å². The Bertz CT molecular complexity index is 384. The van der Waals surface area contributed by atoms with E-state index in [1.54, 1.807) is 4.90 Å². The third kappa shape index (κ3) is 4.02. The summed E-state index contributed by atoms with van der Waals surface area (Å²) in [7, 11) is 0. The van der Waals surface area contributed by atoms with Crippen LogP contribution in [0.5, 0.6) is 0 Å². The van der Waals surface area contributed by atoms with Crippen LogP contribution in [0.4, 0.5) is 0 Å². The zero-order chi connectivity index (χ0) is 13.7. The fraction of sp³-hybridized carbons (Fsp3) is 0.533. The quantitative estimate of drug-likeness (QED) is 0.744. The zero-order valence-electron chi connectivity index (χ0n) is 11.6. The van der Waals surface area contributed by atoms with Crippen molar-refractivity contribution in [3.8, 4) is 0 Å². The van der Waals surface area contributed by atoms with Gasteiger partial charge < -0.3 is 4.90 Å². The Kier molecular flexibility index (Phi) is 5.67. The molecule has 0 bridgehead atoms. The number of rotatable bonds is 5. The first kappa shape index (κ1) is 15.0. The SMILES string of the molecule is CC(C)c1ccc(CN(C(=O)CCl)C(C)C)cc1. The standard InChI is InChI=1S/C15H22ClNO/c1-11(2)14-7-5-13(6-8-14)10-17(12(3)4)15(18)9-16/h5-8,11-12H,9-10H2,1-4H3. The smallest absolute Gasteiger partial charge is 0.238 e. The first-order chi connectivity index (χ1) is 8.45. The number of alkyl halides is 1. The molecular weight excluding hydrogens is 246 g/mol. The molecule has 1 amide bonds. The maximum absolute atomic E-state index is 11.7. The van der Waals surface area contributed by atoms with Gasteiger partial charge in [0, 0.05) is 12.6 Å². The number of nitrogens with zero attached hydrogens (tertiary/aromatic N) is 1. The van der Waals surface area contributed by atoms with Crippen LogP contribution >= 0.6 is 11.6 Å². The normalized spacial score (nSPS) is 11.1. The highest BCUT2D eigenvalue weighted by Crippen LogP contribution is 2.16. The van der Waals surface area contributed by atoms with Crippen molar-refractivity contribution in [2.75, 3.05) is 5.88 Å². The Balaban J connectivity index is 2.78. The van der Waals surface area contributed by atoms with Crippen LogP contribution in [0.2, 0.25) is 0 Å². The molecule has 2 nitrogen and oxygen atoms in total. The van der Waals surface area contributed by atoms with Crippen LogP contribution in [0.3, 0.4) is 0 Å². The minimum atomic E-state index is -0.0143. The molecule has 1 rings (SSSR count). The van der Waals surface area contributed by atoms with E-state index in [2.05, 4.69) is 38.1 Å². The van der Waals surface area contributed by atoms with E-state index >= 15 is 0 Å². The summed E-state index contributed by atoms with van der Waals surface area (Å²) in [6.07, 6.45) is 0. The summed E-state index contributed by atoms with van der Waals surface area (Å²) in [5, 5.41) is 0. The van der Waals surface area contributed by atoms with Gasteiger partial charge in [-0.3, -0.25) is 4.79 Å². The van der Waals surface area contributed by atoms with Crippen molar-refractivity contribution in [2.24, 2.45) is 0 Å². The van der Waals surface area contributed by atoms with E-state index in [0.717, 1.165) is 5.56 Å². The van der Waals surface area contributed by atoms with Crippen molar-refractivity contribution in [3.63, 3.8) is 0 Å². The Morgan fingerprint density at radius 1 is 1.17 bits per heavy atom. The molecule has 1 aromatic rings. The number of carbonyl (C=O) groups is 1. The largest absolute Gasteiger partial charge is 0.335 e. The third-order valence-corrected chi connectivity index (χ3v) is 3.29. The van der Waals surface area contributed by atoms with Gasteiger partial charge in [-0.05, 0) is 30.9 Å². The van der Waals surface area contributed by atoms with E-state index < -0.39 is 0 Å². The maximum atomic E-state index is 11.7. The lowest BCUT2D eigenvalue weighted by Gasteiger charge is -2.26. The molecule has 0 aliphatic heterocycles. The number of hydrogen-bond donors (Lipinski definition) is 0. The predicted octanol–water partition coefficient (Wildman–Crippen LogP) is 3.79. The van der Waals surface area contributed by atoms with Crippen molar-refractivity contribution in [1.29, 1.82) is 0 Å². The Labute approximate surface area is 115 Å². The average molecular weight is 268 g/mol. The molecule has 18 heavy (non-hydrogen) atoms. The van der Waals surface area contributed by atoms with Crippen LogP contribution in [0, 0.1) is 0 Å². The van der Waals surface area contributed by atoms with Crippen molar-refractivity contribution >= 4 is 17.5 Å². The second kappa shape index (κ2) is 6.79. The van der Waals surface area contributed by atoms with Crippen LogP contribution in [-0.4, -0.2) is 22.7 Å². The summed E-state index contributed by atoms with van der Waals surface area (Å²) in [5.74, 6) is 0.562. The van der Waals surface area contributed by atoms with E-state index in [9.17, 15) is 4.79 Å². The number of hydrogen-bond acceptors (Lipinski definition) is 1. The summed E-state index contributed by atoms with van der Waals surface area (Å²) in [6, 6.07) is 8.60. The topological polar surface area (TPSA) is 20.3 Å². The van der Waals surface area contributed by atoms with Gasteiger partial charge >= 0.3 is 0 Å². The van der Waals surface area contributed by atoms with Crippen LogP contribution in [0.15, 0.2) is 24.3 Å². The second-order valence-electron chi connectivity index (χ2n) is 5.15. The van der Waals surface area contributed by atoms with Crippen molar-refractivity contribution in [2.45, 2.75) is 46.2 Å². The first-order valence-corrected chi connectivity index (χ1v) is 6.93. The van der Waals surface area contributed by atoms with Gasteiger partial charge in [0.2, 0.25) is 5.91 Å². The van der Waals surface area contributed by atoms with Gasteiger partial charge in [-0.1, -0.05) is 38.1 Å². The fourth-order valence-corrected chi connectivity index (χ4v) is 1.99. The van der Waals surface area contributed by atoms with Gasteiger partial charge in [0.05, 0.1) is 0 Å². The molecular formula is C15H22ClNO. The van der Waals surface area contributed by atoms with E-state index in [1.165, 1.54) is 5.56 Å². The number of benzene rings is 1. The lowest BCUT2D eigenvalue weighted by atomic mass is 10.0. The molecule has 0 saturated heterocycles. The Morgan fingerprint density at radius 3 is 2.11 bits per heavy atom. The van der Waals surface area contributed by atoms with E-state index in [1.807, 2.05) is 13.8 Å². The minimum Gasteiger partial charge on any atom is -0.335 e. The van der Waals surface area contributed by atoms with E-state index in [-0.39, 0.29) is 17.8 Å². The summed E-state index contributed by atoms with van der Waals surface area (Å²) in [4.78, 5) is 13.5. The summed E-state index contributed by atoms with van der Waals surface area (Å²) < 4.78 is 0.